The number of hydrogen-bond donors (Lipinski definition) is 1. The average molecular weight is 353 g/mol. The molecular weight excluding hydrogens is 326 g/mol. The Kier molecular flexibility index (Phi) is 6.67. The molecule has 26 heavy (non-hydrogen) atoms. The molecule has 0 aliphatic carbocycles. The van der Waals surface area contributed by atoms with E-state index in [1.807, 2.05) is 18.2 Å². The number of aliphatic carboxylic acids is 1. The van der Waals surface area contributed by atoms with Gasteiger partial charge in [-0.15, -0.1) is 0 Å². The normalized spacial score (nSPS) is 15.7. The highest BCUT2D eigenvalue weighted by Crippen LogP contribution is 2.20. The van der Waals surface area contributed by atoms with Crippen molar-refractivity contribution in [3.05, 3.63) is 65.7 Å². The van der Waals surface area contributed by atoms with E-state index in [0.717, 1.165) is 57.7 Å². The first kappa shape index (κ1) is 18.5. The first-order chi connectivity index (χ1) is 12.7. The molecule has 1 aliphatic heterocycles. The van der Waals surface area contributed by atoms with Gasteiger partial charge in [0.1, 0.15) is 5.75 Å². The van der Waals surface area contributed by atoms with Crippen LogP contribution in [0.1, 0.15) is 30.4 Å². The Morgan fingerprint density at radius 3 is 2.35 bits per heavy atom. The molecule has 138 valence electrons. The van der Waals surface area contributed by atoms with Crippen LogP contribution in [0.4, 0.5) is 0 Å². The van der Waals surface area contributed by atoms with Gasteiger partial charge in [-0.2, -0.15) is 0 Å². The number of carboxylic acid groups (broad SMARTS) is 1. The van der Waals surface area contributed by atoms with Gasteiger partial charge in [0.25, 0.3) is 0 Å². The highest BCUT2D eigenvalue weighted by molar-refractivity contribution is 5.70. The van der Waals surface area contributed by atoms with E-state index in [-0.39, 0.29) is 5.92 Å². The van der Waals surface area contributed by atoms with Gasteiger partial charge >= 0.3 is 5.97 Å². The predicted molar refractivity (Wildman–Crippen MR) is 102 cm³/mol. The van der Waals surface area contributed by atoms with Crippen molar-refractivity contribution in [3.8, 4) is 5.75 Å². The van der Waals surface area contributed by atoms with Gasteiger partial charge in [-0.1, -0.05) is 42.5 Å². The lowest BCUT2D eigenvalue weighted by molar-refractivity contribution is -0.143. The van der Waals surface area contributed by atoms with Crippen molar-refractivity contribution in [1.29, 1.82) is 0 Å². The van der Waals surface area contributed by atoms with E-state index < -0.39 is 5.97 Å². The molecule has 0 atom stereocenters. The second kappa shape index (κ2) is 9.39. The zero-order valence-corrected chi connectivity index (χ0v) is 15.1. The molecule has 0 spiro atoms. The minimum atomic E-state index is -0.654. The van der Waals surface area contributed by atoms with Crippen LogP contribution >= 0.6 is 0 Å². The Balaban J connectivity index is 1.37. The second-order valence-electron chi connectivity index (χ2n) is 6.97. The van der Waals surface area contributed by atoms with E-state index in [9.17, 15) is 4.79 Å². The number of ether oxygens (including phenoxy) is 1. The summed E-state index contributed by atoms with van der Waals surface area (Å²) in [6, 6.07) is 18.7. The van der Waals surface area contributed by atoms with Crippen LogP contribution in [0.3, 0.4) is 0 Å². The van der Waals surface area contributed by atoms with Crippen molar-refractivity contribution in [2.45, 2.75) is 32.2 Å². The molecule has 1 N–H and O–H groups in total. The smallest absolute Gasteiger partial charge is 0.306 e. The number of carboxylic acids is 1. The maximum absolute atomic E-state index is 11.0. The summed E-state index contributed by atoms with van der Waals surface area (Å²) in [4.78, 5) is 13.3. The van der Waals surface area contributed by atoms with E-state index in [1.54, 1.807) is 0 Å². The molecule has 4 nitrogen and oxygen atoms in total. The summed E-state index contributed by atoms with van der Waals surface area (Å²) < 4.78 is 5.83. The quantitative estimate of drug-likeness (QED) is 0.729. The number of carbonyl (C=O) groups is 1. The summed E-state index contributed by atoms with van der Waals surface area (Å²) in [5.41, 5.74) is 2.59. The molecule has 1 saturated heterocycles. The molecule has 0 amide bonds. The van der Waals surface area contributed by atoms with E-state index in [1.165, 1.54) is 11.1 Å². The molecule has 1 heterocycles. The van der Waals surface area contributed by atoms with Crippen LogP contribution in [-0.4, -0.2) is 35.7 Å². The third kappa shape index (κ3) is 5.60. The predicted octanol–water partition coefficient (Wildman–Crippen LogP) is 3.99. The van der Waals surface area contributed by atoms with Gasteiger partial charge in [-0.3, -0.25) is 9.69 Å². The van der Waals surface area contributed by atoms with Crippen molar-refractivity contribution in [3.63, 3.8) is 0 Å². The lowest BCUT2D eigenvalue weighted by atomic mass is 9.97. The molecular formula is C22H27NO3. The molecule has 0 radical (unpaired) electrons. The van der Waals surface area contributed by atoms with Crippen molar-refractivity contribution in [1.82, 2.24) is 4.90 Å². The molecule has 0 bridgehead atoms. The fraction of sp³-hybridized carbons (Fsp3) is 0.409. The first-order valence-electron chi connectivity index (χ1n) is 9.41. The molecule has 4 heteroatoms. The summed E-state index contributed by atoms with van der Waals surface area (Å²) in [5.74, 6) is 0.0859. The van der Waals surface area contributed by atoms with Gasteiger partial charge < -0.3 is 9.84 Å². The third-order valence-electron chi connectivity index (χ3n) is 4.99. The van der Waals surface area contributed by atoms with Crippen molar-refractivity contribution in [2.24, 2.45) is 5.92 Å². The van der Waals surface area contributed by atoms with Gasteiger partial charge in [-0.05, 0) is 62.0 Å². The molecule has 1 fully saturated rings. The van der Waals surface area contributed by atoms with Crippen LogP contribution in [0.5, 0.6) is 5.75 Å². The fourth-order valence-corrected chi connectivity index (χ4v) is 3.40. The third-order valence-corrected chi connectivity index (χ3v) is 4.99. The molecule has 2 aromatic rings. The van der Waals surface area contributed by atoms with Crippen molar-refractivity contribution < 1.29 is 14.6 Å². The number of hydrogen-bond acceptors (Lipinski definition) is 3. The van der Waals surface area contributed by atoms with Crippen LogP contribution < -0.4 is 4.74 Å². The fourth-order valence-electron chi connectivity index (χ4n) is 3.40. The second-order valence-corrected chi connectivity index (χ2v) is 6.97. The molecule has 0 unspecified atom stereocenters. The van der Waals surface area contributed by atoms with E-state index >= 15 is 0 Å². The maximum Gasteiger partial charge on any atom is 0.306 e. The van der Waals surface area contributed by atoms with Gasteiger partial charge in [0, 0.05) is 6.54 Å². The van der Waals surface area contributed by atoms with Crippen molar-refractivity contribution in [2.75, 3.05) is 19.7 Å². The maximum atomic E-state index is 11.0. The number of benzene rings is 2. The minimum absolute atomic E-state index is 0.169. The summed E-state index contributed by atoms with van der Waals surface area (Å²) in [7, 11) is 0. The summed E-state index contributed by atoms with van der Waals surface area (Å²) in [6.07, 6.45) is 3.53. The van der Waals surface area contributed by atoms with Gasteiger partial charge in [0.2, 0.25) is 0 Å². The Labute approximate surface area is 155 Å². The van der Waals surface area contributed by atoms with Crippen LogP contribution in [0.2, 0.25) is 0 Å². The number of rotatable bonds is 8. The largest absolute Gasteiger partial charge is 0.494 e. The lowest BCUT2D eigenvalue weighted by Crippen LogP contribution is -2.35. The first-order valence-corrected chi connectivity index (χ1v) is 9.41. The molecule has 0 aromatic heterocycles. The van der Waals surface area contributed by atoms with Gasteiger partial charge in [0.15, 0.2) is 0 Å². The van der Waals surface area contributed by atoms with Crippen LogP contribution in [0.25, 0.3) is 0 Å². The van der Waals surface area contributed by atoms with Crippen LogP contribution in [0.15, 0.2) is 54.6 Å². The Bertz CT molecular complexity index is 676. The van der Waals surface area contributed by atoms with Crippen LogP contribution in [0, 0.1) is 5.92 Å². The SMILES string of the molecule is O=C(O)C1CCN(Cc2ccc(OCCCc3ccccc3)cc2)CC1. The van der Waals surface area contributed by atoms with E-state index in [4.69, 9.17) is 9.84 Å². The monoisotopic (exact) mass is 353 g/mol. The number of likely N-dealkylation sites (tertiary alicyclic amines) is 1. The van der Waals surface area contributed by atoms with E-state index in [2.05, 4.69) is 41.3 Å². The Hall–Kier alpha value is -2.33. The summed E-state index contributed by atoms with van der Waals surface area (Å²) >= 11 is 0. The van der Waals surface area contributed by atoms with Gasteiger partial charge in [0.05, 0.1) is 12.5 Å². The number of aryl methyl sites for hydroxylation is 1. The van der Waals surface area contributed by atoms with Gasteiger partial charge in [-0.25, -0.2) is 0 Å². The van der Waals surface area contributed by atoms with E-state index in [0.29, 0.717) is 0 Å². The lowest BCUT2D eigenvalue weighted by Gasteiger charge is -2.30. The van der Waals surface area contributed by atoms with Crippen LogP contribution in [-0.2, 0) is 17.8 Å². The standard InChI is InChI=1S/C22H27NO3/c24-22(25)20-12-14-23(15-13-20)17-19-8-10-21(11-9-19)26-16-4-7-18-5-2-1-3-6-18/h1-3,5-6,8-11,20H,4,7,12-17H2,(H,24,25). The van der Waals surface area contributed by atoms with Crippen molar-refractivity contribution >= 4 is 5.97 Å². The summed E-state index contributed by atoms with van der Waals surface area (Å²) in [6.45, 7) is 3.31. The number of piperidine rings is 1. The zero-order valence-electron chi connectivity index (χ0n) is 15.1. The Morgan fingerprint density at radius 2 is 1.69 bits per heavy atom. The molecule has 1 aliphatic rings. The minimum Gasteiger partial charge on any atom is -0.494 e. The highest BCUT2D eigenvalue weighted by atomic mass is 16.5. The molecule has 2 aromatic carbocycles. The average Bonchev–Trinajstić information content (AvgIpc) is 2.68. The highest BCUT2D eigenvalue weighted by Gasteiger charge is 2.24. The summed E-state index contributed by atoms with van der Waals surface area (Å²) in [5, 5.41) is 9.07. The Morgan fingerprint density at radius 1 is 1.00 bits per heavy atom. The number of nitrogens with zero attached hydrogens (tertiary/aromatic N) is 1. The molecule has 0 saturated carbocycles. The topological polar surface area (TPSA) is 49.8 Å². The zero-order chi connectivity index (χ0) is 18.2. The molecule has 3 rings (SSSR count).